The first-order valence-electron chi connectivity index (χ1n) is 8.83. The van der Waals surface area contributed by atoms with Crippen LogP contribution < -0.4 is 15.4 Å². The molecule has 156 valence electrons. The minimum absolute atomic E-state index is 0.166. The number of benzene rings is 1. The lowest BCUT2D eigenvalue weighted by molar-refractivity contribution is -0.138. The fourth-order valence-electron chi connectivity index (χ4n) is 2.60. The van der Waals surface area contributed by atoms with Crippen molar-refractivity contribution in [3.63, 3.8) is 0 Å². The van der Waals surface area contributed by atoms with Crippen LogP contribution in [0.15, 0.2) is 30.3 Å². The Bertz CT molecular complexity index is 912. The van der Waals surface area contributed by atoms with Crippen LogP contribution in [0.1, 0.15) is 41.0 Å². The van der Waals surface area contributed by atoms with E-state index in [0.717, 1.165) is 13.2 Å². The van der Waals surface area contributed by atoms with Crippen LogP contribution in [0.3, 0.4) is 0 Å². The monoisotopic (exact) mass is 409 g/mol. The second kappa shape index (κ2) is 8.93. The number of nitrogens with one attached hydrogen (secondary N) is 2. The predicted octanol–water partition coefficient (Wildman–Crippen LogP) is 3.94. The highest BCUT2D eigenvalue weighted by molar-refractivity contribution is 5.97. The summed E-state index contributed by atoms with van der Waals surface area (Å²) < 4.78 is 44.3. The standard InChI is InChI=1S/C20H22F3N3O3/c1-11(2)18(27)26-16-9-14(8-12(3)25-16)19(28)24-10-13-6-5-7-15(17(13)29-4)20(21,22)23/h5-9,11H,10H2,1-4H3,(H,24,28)(H,25,26,27). The number of hydrogen-bond donors (Lipinski definition) is 2. The Morgan fingerprint density at radius 2 is 1.90 bits per heavy atom. The lowest BCUT2D eigenvalue weighted by Crippen LogP contribution is -2.24. The van der Waals surface area contributed by atoms with Crippen molar-refractivity contribution in [3.05, 3.63) is 52.7 Å². The highest BCUT2D eigenvalue weighted by atomic mass is 19.4. The van der Waals surface area contributed by atoms with E-state index in [0.29, 0.717) is 5.69 Å². The largest absolute Gasteiger partial charge is 0.496 e. The highest BCUT2D eigenvalue weighted by Crippen LogP contribution is 2.38. The fraction of sp³-hybridized carbons (Fsp3) is 0.350. The molecule has 0 bridgehead atoms. The van der Waals surface area contributed by atoms with Crippen molar-refractivity contribution >= 4 is 17.6 Å². The molecule has 0 fully saturated rings. The molecule has 2 amide bonds. The van der Waals surface area contributed by atoms with Gasteiger partial charge in [0.2, 0.25) is 5.91 Å². The average Bonchev–Trinajstić information content (AvgIpc) is 2.64. The Kier molecular flexibility index (Phi) is 6.84. The lowest BCUT2D eigenvalue weighted by Gasteiger charge is -2.16. The Labute approximate surface area is 166 Å². The number of carbonyl (C=O) groups excluding carboxylic acids is 2. The first kappa shape index (κ1) is 22.2. The van der Waals surface area contributed by atoms with Crippen molar-refractivity contribution in [1.29, 1.82) is 0 Å². The lowest BCUT2D eigenvalue weighted by atomic mass is 10.1. The van der Waals surface area contributed by atoms with Gasteiger partial charge in [-0.3, -0.25) is 9.59 Å². The van der Waals surface area contributed by atoms with Crippen LogP contribution in [0, 0.1) is 12.8 Å². The molecule has 0 unspecified atom stereocenters. The molecule has 29 heavy (non-hydrogen) atoms. The molecular formula is C20H22F3N3O3. The van der Waals surface area contributed by atoms with E-state index in [9.17, 15) is 22.8 Å². The molecule has 0 aliphatic rings. The van der Waals surface area contributed by atoms with Gasteiger partial charge in [0.15, 0.2) is 0 Å². The number of halogens is 3. The number of aryl methyl sites for hydroxylation is 1. The summed E-state index contributed by atoms with van der Waals surface area (Å²) in [6, 6.07) is 6.54. The van der Waals surface area contributed by atoms with E-state index in [4.69, 9.17) is 4.74 Å². The van der Waals surface area contributed by atoms with Crippen molar-refractivity contribution in [3.8, 4) is 5.75 Å². The van der Waals surface area contributed by atoms with E-state index < -0.39 is 17.6 Å². The molecule has 0 aliphatic heterocycles. The SMILES string of the molecule is COc1c(CNC(=O)c2cc(C)nc(NC(=O)C(C)C)c2)cccc1C(F)(F)F. The molecule has 0 saturated heterocycles. The second-order valence-electron chi connectivity index (χ2n) is 6.70. The van der Waals surface area contributed by atoms with Crippen LogP contribution in [0.5, 0.6) is 5.75 Å². The summed E-state index contributed by atoms with van der Waals surface area (Å²) >= 11 is 0. The summed E-state index contributed by atoms with van der Waals surface area (Å²) in [4.78, 5) is 28.5. The number of anilines is 1. The Morgan fingerprint density at radius 3 is 2.48 bits per heavy atom. The zero-order valence-corrected chi connectivity index (χ0v) is 16.5. The van der Waals surface area contributed by atoms with Crippen molar-refractivity contribution < 1.29 is 27.5 Å². The van der Waals surface area contributed by atoms with Crippen LogP contribution >= 0.6 is 0 Å². The van der Waals surface area contributed by atoms with Gasteiger partial charge in [-0.15, -0.1) is 0 Å². The van der Waals surface area contributed by atoms with Crippen molar-refractivity contribution in [2.75, 3.05) is 12.4 Å². The molecule has 2 aromatic rings. The summed E-state index contributed by atoms with van der Waals surface area (Å²) in [5.74, 6) is -1.14. The van der Waals surface area contributed by atoms with Crippen LogP contribution in [0.2, 0.25) is 0 Å². The first-order valence-corrected chi connectivity index (χ1v) is 8.83. The zero-order chi connectivity index (χ0) is 21.8. The van der Waals surface area contributed by atoms with Gasteiger partial charge in [0.05, 0.1) is 12.7 Å². The number of alkyl halides is 3. The van der Waals surface area contributed by atoms with Crippen LogP contribution in [0.4, 0.5) is 19.0 Å². The molecule has 1 aromatic carbocycles. The van der Waals surface area contributed by atoms with E-state index >= 15 is 0 Å². The maximum absolute atomic E-state index is 13.1. The van der Waals surface area contributed by atoms with Gasteiger partial charge < -0.3 is 15.4 Å². The Balaban J connectivity index is 2.20. The van der Waals surface area contributed by atoms with Crippen LogP contribution in [0.25, 0.3) is 0 Å². The van der Waals surface area contributed by atoms with Gasteiger partial charge in [0.1, 0.15) is 11.6 Å². The van der Waals surface area contributed by atoms with E-state index in [2.05, 4.69) is 15.6 Å². The van der Waals surface area contributed by atoms with Crippen molar-refractivity contribution in [2.45, 2.75) is 33.5 Å². The second-order valence-corrected chi connectivity index (χ2v) is 6.70. The van der Waals surface area contributed by atoms with Crippen LogP contribution in [-0.4, -0.2) is 23.9 Å². The van der Waals surface area contributed by atoms with Crippen LogP contribution in [-0.2, 0) is 17.5 Å². The highest BCUT2D eigenvalue weighted by Gasteiger charge is 2.35. The summed E-state index contributed by atoms with van der Waals surface area (Å²) in [6.45, 7) is 4.95. The van der Waals surface area contributed by atoms with Gasteiger partial charge in [0.25, 0.3) is 5.91 Å². The van der Waals surface area contributed by atoms with E-state index in [1.54, 1.807) is 20.8 Å². The fourth-order valence-corrected chi connectivity index (χ4v) is 2.60. The number of aromatic nitrogens is 1. The minimum atomic E-state index is -4.57. The summed E-state index contributed by atoms with van der Waals surface area (Å²) in [5, 5.41) is 5.19. The van der Waals surface area contributed by atoms with Gasteiger partial charge >= 0.3 is 6.18 Å². The summed E-state index contributed by atoms with van der Waals surface area (Å²) in [6.07, 6.45) is -4.57. The minimum Gasteiger partial charge on any atom is -0.496 e. The number of para-hydroxylation sites is 1. The number of nitrogens with zero attached hydrogens (tertiary/aromatic N) is 1. The molecule has 1 aromatic heterocycles. The molecule has 2 N–H and O–H groups in total. The first-order chi connectivity index (χ1) is 13.5. The smallest absolute Gasteiger partial charge is 0.419 e. The number of amides is 2. The molecule has 0 saturated carbocycles. The van der Waals surface area contributed by atoms with Gasteiger partial charge in [-0.05, 0) is 25.1 Å². The van der Waals surface area contributed by atoms with Crippen molar-refractivity contribution in [1.82, 2.24) is 10.3 Å². The number of pyridine rings is 1. The quantitative estimate of drug-likeness (QED) is 0.757. The molecule has 6 nitrogen and oxygen atoms in total. The normalized spacial score (nSPS) is 11.3. The zero-order valence-electron chi connectivity index (χ0n) is 16.5. The number of methoxy groups -OCH3 is 1. The topological polar surface area (TPSA) is 80.3 Å². The molecule has 0 atom stereocenters. The molecule has 0 aliphatic carbocycles. The molecule has 2 rings (SSSR count). The van der Waals surface area contributed by atoms with E-state index in [1.165, 1.54) is 24.3 Å². The third-order valence-electron chi connectivity index (χ3n) is 4.04. The summed E-state index contributed by atoms with van der Waals surface area (Å²) in [7, 11) is 1.14. The molecular weight excluding hydrogens is 387 g/mol. The van der Waals surface area contributed by atoms with E-state index in [-0.39, 0.29) is 41.1 Å². The summed E-state index contributed by atoms with van der Waals surface area (Å²) in [5.41, 5.74) is 0.0100. The number of carbonyl (C=O) groups is 2. The molecule has 9 heteroatoms. The van der Waals surface area contributed by atoms with Gasteiger partial charge in [0, 0.05) is 29.3 Å². The molecule has 1 heterocycles. The third-order valence-corrected chi connectivity index (χ3v) is 4.04. The molecule has 0 radical (unpaired) electrons. The number of ether oxygens (including phenoxy) is 1. The average molecular weight is 409 g/mol. The predicted molar refractivity (Wildman–Crippen MR) is 102 cm³/mol. The van der Waals surface area contributed by atoms with E-state index in [1.807, 2.05) is 0 Å². The number of hydrogen-bond acceptors (Lipinski definition) is 4. The van der Waals surface area contributed by atoms with Crippen molar-refractivity contribution in [2.24, 2.45) is 5.92 Å². The maximum atomic E-state index is 13.1. The Morgan fingerprint density at radius 1 is 1.21 bits per heavy atom. The molecule has 0 spiro atoms. The third kappa shape index (κ3) is 5.69. The Hall–Kier alpha value is -3.10. The van der Waals surface area contributed by atoms with Gasteiger partial charge in [-0.25, -0.2) is 4.98 Å². The number of rotatable bonds is 6. The van der Waals surface area contributed by atoms with Gasteiger partial charge in [-0.1, -0.05) is 26.0 Å². The van der Waals surface area contributed by atoms with Gasteiger partial charge in [-0.2, -0.15) is 13.2 Å². The maximum Gasteiger partial charge on any atom is 0.419 e.